The molecule has 2 rings (SSSR count). The molecule has 0 saturated carbocycles. The summed E-state index contributed by atoms with van der Waals surface area (Å²) >= 11 is 0. The van der Waals surface area contributed by atoms with Gasteiger partial charge < -0.3 is 0 Å². The molecule has 0 aromatic heterocycles. The van der Waals surface area contributed by atoms with Gasteiger partial charge in [-0.05, 0) is 32.2 Å². The average Bonchev–Trinajstić information content (AvgIpc) is 2.73. The Labute approximate surface area is 94.5 Å². The Morgan fingerprint density at radius 3 is 3.07 bits per heavy atom. The van der Waals surface area contributed by atoms with Crippen LogP contribution in [0.15, 0.2) is 12.2 Å². The summed E-state index contributed by atoms with van der Waals surface area (Å²) in [5, 5.41) is 0. The fourth-order valence-corrected chi connectivity index (χ4v) is 3.09. The average molecular weight is 207 g/mol. The van der Waals surface area contributed by atoms with Crippen LogP contribution in [0.1, 0.15) is 58.3 Å². The Morgan fingerprint density at radius 1 is 1.27 bits per heavy atom. The molecular weight excluding hydrogens is 182 g/mol. The first-order valence-corrected chi connectivity index (χ1v) is 6.84. The molecule has 0 N–H and O–H groups in total. The molecular formula is C14H25N. The zero-order valence-corrected chi connectivity index (χ0v) is 10.1. The lowest BCUT2D eigenvalue weighted by atomic mass is 9.99. The molecule has 0 unspecified atom stereocenters. The van der Waals surface area contributed by atoms with Gasteiger partial charge in [0.25, 0.3) is 0 Å². The summed E-state index contributed by atoms with van der Waals surface area (Å²) in [4.78, 5) is 2.76. The first-order chi connectivity index (χ1) is 7.42. The van der Waals surface area contributed by atoms with Gasteiger partial charge in [0, 0.05) is 12.1 Å². The van der Waals surface area contributed by atoms with Crippen LogP contribution in [0.3, 0.4) is 0 Å². The molecule has 1 fully saturated rings. The number of fused-ring (bicyclic) bond motifs is 1. The van der Waals surface area contributed by atoms with Crippen molar-refractivity contribution in [3.05, 3.63) is 12.2 Å². The van der Waals surface area contributed by atoms with Crippen molar-refractivity contribution in [1.29, 1.82) is 0 Å². The van der Waals surface area contributed by atoms with E-state index in [0.717, 1.165) is 12.1 Å². The van der Waals surface area contributed by atoms with Crippen LogP contribution in [0.5, 0.6) is 0 Å². The van der Waals surface area contributed by atoms with Gasteiger partial charge in [-0.2, -0.15) is 0 Å². The minimum atomic E-state index is 0.781. The lowest BCUT2D eigenvalue weighted by molar-refractivity contribution is 0.189. The van der Waals surface area contributed by atoms with Gasteiger partial charge in [0.2, 0.25) is 0 Å². The second-order valence-electron chi connectivity index (χ2n) is 5.11. The molecule has 1 heteroatoms. The lowest BCUT2D eigenvalue weighted by Crippen LogP contribution is -2.40. The molecule has 0 aliphatic carbocycles. The molecule has 1 nitrogen and oxygen atoms in total. The summed E-state index contributed by atoms with van der Waals surface area (Å²) in [6.07, 6.45) is 16.1. The summed E-state index contributed by atoms with van der Waals surface area (Å²) in [7, 11) is 0. The third-order valence-corrected chi connectivity index (χ3v) is 3.97. The topological polar surface area (TPSA) is 3.24 Å². The van der Waals surface area contributed by atoms with Crippen LogP contribution in [0.25, 0.3) is 0 Å². The minimum Gasteiger partial charge on any atom is -0.294 e. The van der Waals surface area contributed by atoms with E-state index < -0.39 is 0 Å². The van der Waals surface area contributed by atoms with Gasteiger partial charge in [0.05, 0.1) is 0 Å². The first kappa shape index (κ1) is 11.2. The minimum absolute atomic E-state index is 0.781. The zero-order chi connectivity index (χ0) is 10.5. The van der Waals surface area contributed by atoms with Gasteiger partial charge in [-0.3, -0.25) is 4.90 Å². The SMILES string of the molecule is CCCCCC[C@@H]1C=CC[C@@H]2CCCN21. The van der Waals surface area contributed by atoms with Crippen LogP contribution in [-0.4, -0.2) is 23.5 Å². The molecule has 86 valence electrons. The van der Waals surface area contributed by atoms with Crippen molar-refractivity contribution in [2.24, 2.45) is 0 Å². The second-order valence-corrected chi connectivity index (χ2v) is 5.11. The van der Waals surface area contributed by atoms with Crippen LogP contribution in [0.4, 0.5) is 0 Å². The Morgan fingerprint density at radius 2 is 2.20 bits per heavy atom. The molecule has 15 heavy (non-hydrogen) atoms. The van der Waals surface area contributed by atoms with Crippen molar-refractivity contribution in [3.63, 3.8) is 0 Å². The van der Waals surface area contributed by atoms with Crippen LogP contribution in [0, 0.1) is 0 Å². The Bertz CT molecular complexity index is 209. The summed E-state index contributed by atoms with van der Waals surface area (Å²) < 4.78 is 0. The van der Waals surface area contributed by atoms with E-state index in [4.69, 9.17) is 0 Å². The van der Waals surface area contributed by atoms with E-state index in [1.165, 1.54) is 57.9 Å². The molecule has 0 bridgehead atoms. The molecule has 0 amide bonds. The zero-order valence-electron chi connectivity index (χ0n) is 10.1. The van der Waals surface area contributed by atoms with Gasteiger partial charge in [-0.25, -0.2) is 0 Å². The first-order valence-electron chi connectivity index (χ1n) is 6.84. The van der Waals surface area contributed by atoms with Crippen molar-refractivity contribution in [2.45, 2.75) is 70.4 Å². The standard InChI is InChI=1S/C14H25N/c1-2-3-4-5-8-13-9-6-10-14-11-7-12-15(13)14/h6,9,13-14H,2-5,7-8,10-12H2,1H3/t13-,14-/m1/s1. The van der Waals surface area contributed by atoms with Gasteiger partial charge in [0.1, 0.15) is 0 Å². The Balaban J connectivity index is 1.75. The van der Waals surface area contributed by atoms with E-state index in [-0.39, 0.29) is 0 Å². The second kappa shape index (κ2) is 5.69. The van der Waals surface area contributed by atoms with Crippen molar-refractivity contribution in [2.75, 3.05) is 6.54 Å². The fourth-order valence-electron chi connectivity index (χ4n) is 3.09. The maximum absolute atomic E-state index is 2.76. The molecule has 0 radical (unpaired) electrons. The van der Waals surface area contributed by atoms with Crippen molar-refractivity contribution < 1.29 is 0 Å². The smallest absolute Gasteiger partial charge is 0.0281 e. The monoisotopic (exact) mass is 207 g/mol. The summed E-state index contributed by atoms with van der Waals surface area (Å²) in [5.41, 5.74) is 0. The van der Waals surface area contributed by atoms with Gasteiger partial charge in [-0.1, -0.05) is 44.8 Å². The molecule has 0 spiro atoms. The van der Waals surface area contributed by atoms with E-state index in [9.17, 15) is 0 Å². The van der Waals surface area contributed by atoms with Crippen molar-refractivity contribution in [3.8, 4) is 0 Å². The molecule has 0 aromatic rings. The third-order valence-electron chi connectivity index (χ3n) is 3.97. The summed E-state index contributed by atoms with van der Waals surface area (Å²) in [5.74, 6) is 0. The highest BCUT2D eigenvalue weighted by Gasteiger charge is 2.30. The maximum Gasteiger partial charge on any atom is 0.0281 e. The summed E-state index contributed by atoms with van der Waals surface area (Å²) in [6.45, 7) is 3.64. The maximum atomic E-state index is 2.76. The Hall–Kier alpha value is -0.300. The quantitative estimate of drug-likeness (QED) is 0.490. The van der Waals surface area contributed by atoms with E-state index in [0.29, 0.717) is 0 Å². The van der Waals surface area contributed by atoms with Crippen LogP contribution >= 0.6 is 0 Å². The number of nitrogens with zero attached hydrogens (tertiary/aromatic N) is 1. The highest BCUT2D eigenvalue weighted by molar-refractivity contribution is 5.05. The van der Waals surface area contributed by atoms with Crippen molar-refractivity contribution >= 4 is 0 Å². The van der Waals surface area contributed by atoms with E-state index >= 15 is 0 Å². The van der Waals surface area contributed by atoms with E-state index in [2.05, 4.69) is 24.0 Å². The van der Waals surface area contributed by atoms with Gasteiger partial charge in [0.15, 0.2) is 0 Å². The van der Waals surface area contributed by atoms with Crippen LogP contribution in [-0.2, 0) is 0 Å². The van der Waals surface area contributed by atoms with Crippen molar-refractivity contribution in [1.82, 2.24) is 4.90 Å². The van der Waals surface area contributed by atoms with E-state index in [1.54, 1.807) is 0 Å². The van der Waals surface area contributed by atoms with E-state index in [1.807, 2.05) is 0 Å². The summed E-state index contributed by atoms with van der Waals surface area (Å²) in [6, 6.07) is 1.68. The normalized spacial score (nSPS) is 30.7. The number of hydrogen-bond donors (Lipinski definition) is 0. The number of hydrogen-bond acceptors (Lipinski definition) is 1. The largest absolute Gasteiger partial charge is 0.294 e. The van der Waals surface area contributed by atoms with Crippen LogP contribution < -0.4 is 0 Å². The highest BCUT2D eigenvalue weighted by Crippen LogP contribution is 2.29. The third kappa shape index (κ3) is 2.84. The molecule has 0 aromatic carbocycles. The highest BCUT2D eigenvalue weighted by atomic mass is 15.2. The molecule has 2 atom stereocenters. The number of unbranched alkanes of at least 4 members (excludes halogenated alkanes) is 3. The predicted octanol–water partition coefficient (Wildman–Crippen LogP) is 3.75. The fraction of sp³-hybridized carbons (Fsp3) is 0.857. The number of rotatable bonds is 5. The predicted molar refractivity (Wildman–Crippen MR) is 66.0 cm³/mol. The molecule has 2 heterocycles. The molecule has 2 aliphatic rings. The van der Waals surface area contributed by atoms with Crippen LogP contribution in [0.2, 0.25) is 0 Å². The lowest BCUT2D eigenvalue weighted by Gasteiger charge is -2.34. The van der Waals surface area contributed by atoms with Gasteiger partial charge >= 0.3 is 0 Å². The van der Waals surface area contributed by atoms with Gasteiger partial charge in [-0.15, -0.1) is 0 Å². The molecule has 1 saturated heterocycles. The molecule has 2 aliphatic heterocycles. The Kier molecular flexibility index (Phi) is 4.25.